The summed E-state index contributed by atoms with van der Waals surface area (Å²) in [5.41, 5.74) is 1.10. The van der Waals surface area contributed by atoms with Crippen molar-refractivity contribution in [3.8, 4) is 0 Å². The molecule has 0 saturated carbocycles. The van der Waals surface area contributed by atoms with Crippen molar-refractivity contribution in [2.24, 2.45) is 0 Å². The third kappa shape index (κ3) is 3.51. The Morgan fingerprint density at radius 3 is 2.50 bits per heavy atom. The molecule has 128 valence electrons. The Kier molecular flexibility index (Phi) is 4.71. The second kappa shape index (κ2) is 6.76. The zero-order valence-electron chi connectivity index (χ0n) is 13.5. The molecular formula is C17H20N2O4S. The fourth-order valence-corrected chi connectivity index (χ4v) is 4.73. The first-order valence-corrected chi connectivity index (χ1v) is 9.66. The van der Waals surface area contributed by atoms with Crippen LogP contribution in [-0.2, 0) is 20.4 Å². The van der Waals surface area contributed by atoms with Gasteiger partial charge in [0.1, 0.15) is 5.75 Å². The minimum absolute atomic E-state index is 0.252. The first-order chi connectivity index (χ1) is 11.5. The van der Waals surface area contributed by atoms with E-state index in [2.05, 4.69) is 5.16 Å². The third-order valence-electron chi connectivity index (χ3n) is 4.12. The summed E-state index contributed by atoms with van der Waals surface area (Å²) in [6.45, 7) is 2.95. The van der Waals surface area contributed by atoms with E-state index in [0.29, 0.717) is 24.3 Å². The topological polar surface area (TPSA) is 80.5 Å². The van der Waals surface area contributed by atoms with Gasteiger partial charge < -0.3 is 9.42 Å². The maximum Gasteiger partial charge on any atom is 0.245 e. The summed E-state index contributed by atoms with van der Waals surface area (Å²) < 4.78 is 31.0. The van der Waals surface area contributed by atoms with Crippen LogP contribution >= 0.6 is 0 Å². The smallest absolute Gasteiger partial charge is 0.245 e. The van der Waals surface area contributed by atoms with E-state index in [1.807, 2.05) is 0 Å². The summed E-state index contributed by atoms with van der Waals surface area (Å²) in [6, 6.07) is 10.2. The number of sulfone groups is 1. The van der Waals surface area contributed by atoms with Crippen LogP contribution in [0.25, 0.3) is 0 Å². The predicted molar refractivity (Wildman–Crippen MR) is 88.9 cm³/mol. The average molecular weight is 348 g/mol. The molecule has 3 rings (SSSR count). The van der Waals surface area contributed by atoms with Crippen molar-refractivity contribution in [3.63, 3.8) is 0 Å². The van der Waals surface area contributed by atoms with Gasteiger partial charge in [-0.25, -0.2) is 8.42 Å². The number of carbonyl (C=O) groups is 1. The molecule has 0 spiro atoms. The number of carbonyl (C=O) groups excluding carboxylic acids is 1. The van der Waals surface area contributed by atoms with Crippen molar-refractivity contribution in [1.29, 1.82) is 0 Å². The SMILES string of the molecule is Cc1cc(CS(=O)(=O)C(C(=O)N2CCCC2)c2ccccc2)on1. The molecular weight excluding hydrogens is 328 g/mol. The zero-order valence-corrected chi connectivity index (χ0v) is 14.3. The highest BCUT2D eigenvalue weighted by atomic mass is 32.2. The molecule has 2 aromatic rings. The van der Waals surface area contributed by atoms with Crippen molar-refractivity contribution in [2.75, 3.05) is 13.1 Å². The van der Waals surface area contributed by atoms with Gasteiger partial charge in [-0.3, -0.25) is 4.79 Å². The van der Waals surface area contributed by atoms with Crippen LogP contribution < -0.4 is 0 Å². The van der Waals surface area contributed by atoms with Crippen molar-refractivity contribution < 1.29 is 17.7 Å². The van der Waals surface area contributed by atoms with E-state index < -0.39 is 15.1 Å². The summed E-state index contributed by atoms with van der Waals surface area (Å²) in [5.74, 6) is -0.440. The number of benzene rings is 1. The molecule has 1 unspecified atom stereocenters. The molecule has 1 aromatic heterocycles. The molecule has 1 saturated heterocycles. The number of hydrogen-bond donors (Lipinski definition) is 0. The van der Waals surface area contributed by atoms with Crippen LogP contribution in [0, 0.1) is 6.92 Å². The molecule has 2 heterocycles. The fourth-order valence-electron chi connectivity index (χ4n) is 3.00. The lowest BCUT2D eigenvalue weighted by Crippen LogP contribution is -2.36. The van der Waals surface area contributed by atoms with E-state index in [1.54, 1.807) is 48.2 Å². The first kappa shape index (κ1) is 16.7. The molecule has 1 aliphatic heterocycles. The van der Waals surface area contributed by atoms with Gasteiger partial charge in [0.15, 0.2) is 20.8 Å². The Hall–Kier alpha value is -2.15. The van der Waals surface area contributed by atoms with E-state index in [1.165, 1.54) is 0 Å². The number of aromatic nitrogens is 1. The molecule has 0 aliphatic carbocycles. The van der Waals surface area contributed by atoms with Gasteiger partial charge in [-0.15, -0.1) is 0 Å². The van der Waals surface area contributed by atoms with Gasteiger partial charge in [0.25, 0.3) is 0 Å². The Balaban J connectivity index is 1.95. The van der Waals surface area contributed by atoms with Crippen molar-refractivity contribution >= 4 is 15.7 Å². The van der Waals surface area contributed by atoms with Gasteiger partial charge >= 0.3 is 0 Å². The van der Waals surface area contributed by atoms with Gasteiger partial charge in [0.2, 0.25) is 5.91 Å². The predicted octanol–water partition coefficient (Wildman–Crippen LogP) is 2.26. The maximum absolute atomic E-state index is 13.0. The molecule has 1 fully saturated rings. The van der Waals surface area contributed by atoms with Crippen LogP contribution in [0.3, 0.4) is 0 Å². The summed E-state index contributed by atoms with van der Waals surface area (Å²) in [5, 5.41) is 2.51. The van der Waals surface area contributed by atoms with E-state index in [4.69, 9.17) is 4.52 Å². The second-order valence-corrected chi connectivity index (χ2v) is 8.15. The lowest BCUT2D eigenvalue weighted by molar-refractivity contribution is -0.129. The minimum atomic E-state index is -3.78. The molecule has 24 heavy (non-hydrogen) atoms. The quantitative estimate of drug-likeness (QED) is 0.828. The highest BCUT2D eigenvalue weighted by Crippen LogP contribution is 2.29. The Labute approximate surface area is 141 Å². The normalized spacial score (nSPS) is 16.3. The average Bonchev–Trinajstić information content (AvgIpc) is 3.19. The van der Waals surface area contributed by atoms with Crippen LogP contribution in [0.15, 0.2) is 40.9 Å². The van der Waals surface area contributed by atoms with E-state index in [-0.39, 0.29) is 17.4 Å². The van der Waals surface area contributed by atoms with Crippen molar-refractivity contribution in [1.82, 2.24) is 10.1 Å². The molecule has 1 atom stereocenters. The monoisotopic (exact) mass is 348 g/mol. The zero-order chi connectivity index (χ0) is 17.2. The number of likely N-dealkylation sites (tertiary alicyclic amines) is 1. The van der Waals surface area contributed by atoms with Gasteiger partial charge in [-0.1, -0.05) is 35.5 Å². The maximum atomic E-state index is 13.0. The molecule has 1 aromatic carbocycles. The van der Waals surface area contributed by atoms with E-state index in [0.717, 1.165) is 12.8 Å². The Bertz CT molecular complexity index is 808. The highest BCUT2D eigenvalue weighted by Gasteiger charge is 2.38. The number of rotatable bonds is 5. The van der Waals surface area contributed by atoms with Gasteiger partial charge in [0.05, 0.1) is 5.69 Å². The van der Waals surface area contributed by atoms with Gasteiger partial charge in [-0.05, 0) is 25.3 Å². The van der Waals surface area contributed by atoms with Crippen molar-refractivity contribution in [2.45, 2.75) is 30.8 Å². The highest BCUT2D eigenvalue weighted by molar-refractivity contribution is 7.91. The van der Waals surface area contributed by atoms with Gasteiger partial charge in [0, 0.05) is 19.2 Å². The summed E-state index contributed by atoms with van der Waals surface area (Å²) in [6.07, 6.45) is 1.82. The molecule has 7 heteroatoms. The largest absolute Gasteiger partial charge is 0.360 e. The summed E-state index contributed by atoms with van der Waals surface area (Å²) in [4.78, 5) is 14.5. The minimum Gasteiger partial charge on any atom is -0.360 e. The summed E-state index contributed by atoms with van der Waals surface area (Å²) in [7, 11) is -3.78. The number of nitrogens with zero attached hydrogens (tertiary/aromatic N) is 2. The van der Waals surface area contributed by atoms with Crippen LogP contribution in [0.5, 0.6) is 0 Å². The van der Waals surface area contributed by atoms with E-state index in [9.17, 15) is 13.2 Å². The Morgan fingerprint density at radius 2 is 1.92 bits per heavy atom. The first-order valence-electron chi connectivity index (χ1n) is 7.95. The fraction of sp³-hybridized carbons (Fsp3) is 0.412. The van der Waals surface area contributed by atoms with Crippen LogP contribution in [0.4, 0.5) is 0 Å². The van der Waals surface area contributed by atoms with Crippen molar-refractivity contribution in [3.05, 3.63) is 53.4 Å². The lowest BCUT2D eigenvalue weighted by Gasteiger charge is -2.23. The molecule has 1 aliphatic rings. The molecule has 6 nitrogen and oxygen atoms in total. The molecule has 0 N–H and O–H groups in total. The molecule has 0 radical (unpaired) electrons. The number of amides is 1. The number of hydrogen-bond acceptors (Lipinski definition) is 5. The second-order valence-electron chi connectivity index (χ2n) is 6.06. The Morgan fingerprint density at radius 1 is 1.25 bits per heavy atom. The number of aryl methyl sites for hydroxylation is 1. The van der Waals surface area contributed by atoms with Crippen LogP contribution in [-0.4, -0.2) is 37.5 Å². The standard InChI is InChI=1S/C17H20N2O4S/c1-13-11-15(23-18-13)12-24(21,22)16(14-7-3-2-4-8-14)17(20)19-9-5-6-10-19/h2-4,7-8,11,16H,5-6,9-10,12H2,1H3. The summed E-state index contributed by atoms with van der Waals surface area (Å²) >= 11 is 0. The van der Waals surface area contributed by atoms with Crippen LogP contribution in [0.1, 0.15) is 35.1 Å². The van der Waals surface area contributed by atoms with E-state index >= 15 is 0 Å². The third-order valence-corrected chi connectivity index (χ3v) is 6.00. The van der Waals surface area contributed by atoms with Gasteiger partial charge in [-0.2, -0.15) is 0 Å². The molecule has 0 bridgehead atoms. The van der Waals surface area contributed by atoms with Crippen LogP contribution in [0.2, 0.25) is 0 Å². The molecule has 1 amide bonds. The lowest BCUT2D eigenvalue weighted by atomic mass is 10.1.